The molecule has 0 aliphatic carbocycles. The number of thiophene rings is 1. The quantitative estimate of drug-likeness (QED) is 0.603. The van der Waals surface area contributed by atoms with Gasteiger partial charge in [-0.2, -0.15) is 0 Å². The average molecular weight is 153 g/mol. The maximum absolute atomic E-state index is 3.42. The average Bonchev–Trinajstić information content (AvgIpc) is 2.34. The lowest BCUT2D eigenvalue weighted by Gasteiger charge is -2.13. The van der Waals surface area contributed by atoms with Gasteiger partial charge >= 0.3 is 0 Å². The van der Waals surface area contributed by atoms with E-state index in [0.717, 1.165) is 6.54 Å². The Morgan fingerprint density at radius 3 is 3.30 bits per heavy atom. The van der Waals surface area contributed by atoms with E-state index >= 15 is 0 Å². The molecule has 1 N–H and O–H groups in total. The standard InChI is InChI=1S/C8H11NS/c1-6-5-10-7-3-2-4-9-8(6)7/h5,9H,2-4H2,1H3. The van der Waals surface area contributed by atoms with Gasteiger partial charge in [0.05, 0.1) is 5.69 Å². The number of anilines is 1. The highest BCUT2D eigenvalue weighted by Crippen LogP contribution is 2.30. The van der Waals surface area contributed by atoms with Crippen LogP contribution in [-0.2, 0) is 6.42 Å². The molecule has 0 fully saturated rings. The van der Waals surface area contributed by atoms with Gasteiger partial charge in [-0.1, -0.05) is 0 Å². The van der Waals surface area contributed by atoms with E-state index in [1.165, 1.54) is 24.1 Å². The third kappa shape index (κ3) is 0.833. The Kier molecular flexibility index (Phi) is 1.42. The smallest absolute Gasteiger partial charge is 0.0511 e. The van der Waals surface area contributed by atoms with Crippen LogP contribution < -0.4 is 5.32 Å². The fourth-order valence-electron chi connectivity index (χ4n) is 1.38. The summed E-state index contributed by atoms with van der Waals surface area (Å²) in [6, 6.07) is 0. The van der Waals surface area contributed by atoms with Crippen LogP contribution in [0.5, 0.6) is 0 Å². The molecule has 1 aliphatic heterocycles. The Labute approximate surface area is 65.1 Å². The molecule has 2 heteroatoms. The Morgan fingerprint density at radius 1 is 1.60 bits per heavy atom. The van der Waals surface area contributed by atoms with Crippen molar-refractivity contribution in [1.82, 2.24) is 0 Å². The Balaban J connectivity index is 2.45. The summed E-state index contributed by atoms with van der Waals surface area (Å²) < 4.78 is 0. The van der Waals surface area contributed by atoms with Gasteiger partial charge in [0, 0.05) is 11.4 Å². The molecule has 54 valence electrons. The summed E-state index contributed by atoms with van der Waals surface area (Å²) in [5, 5.41) is 5.66. The lowest BCUT2D eigenvalue weighted by atomic mass is 10.1. The Morgan fingerprint density at radius 2 is 2.50 bits per heavy atom. The van der Waals surface area contributed by atoms with Crippen LogP contribution in [0.2, 0.25) is 0 Å². The molecule has 0 spiro atoms. The van der Waals surface area contributed by atoms with Gasteiger partial charge in [-0.05, 0) is 30.7 Å². The number of nitrogens with one attached hydrogen (secondary N) is 1. The van der Waals surface area contributed by atoms with Crippen LogP contribution in [0.25, 0.3) is 0 Å². The summed E-state index contributed by atoms with van der Waals surface area (Å²) in [6.45, 7) is 3.33. The summed E-state index contributed by atoms with van der Waals surface area (Å²) in [7, 11) is 0. The van der Waals surface area contributed by atoms with Gasteiger partial charge in [0.2, 0.25) is 0 Å². The highest BCUT2D eigenvalue weighted by atomic mass is 32.1. The molecule has 1 nitrogen and oxygen atoms in total. The van der Waals surface area contributed by atoms with E-state index in [1.807, 2.05) is 11.3 Å². The first-order chi connectivity index (χ1) is 4.88. The molecule has 1 aromatic rings. The van der Waals surface area contributed by atoms with E-state index in [0.29, 0.717) is 0 Å². The first kappa shape index (κ1) is 6.23. The first-order valence-electron chi connectivity index (χ1n) is 3.69. The molecule has 1 aliphatic rings. The fourth-order valence-corrected chi connectivity index (χ4v) is 2.43. The molecule has 10 heavy (non-hydrogen) atoms. The van der Waals surface area contributed by atoms with Crippen molar-refractivity contribution >= 4 is 17.0 Å². The zero-order valence-electron chi connectivity index (χ0n) is 6.11. The third-order valence-corrected chi connectivity index (χ3v) is 3.10. The monoisotopic (exact) mass is 153 g/mol. The summed E-state index contributed by atoms with van der Waals surface area (Å²) in [5.41, 5.74) is 2.83. The maximum atomic E-state index is 3.42. The van der Waals surface area contributed by atoms with Crippen molar-refractivity contribution in [3.8, 4) is 0 Å². The minimum absolute atomic E-state index is 1.16. The van der Waals surface area contributed by atoms with E-state index in [9.17, 15) is 0 Å². The van der Waals surface area contributed by atoms with Crippen LogP contribution in [0.4, 0.5) is 5.69 Å². The van der Waals surface area contributed by atoms with Crippen molar-refractivity contribution in [2.24, 2.45) is 0 Å². The Bertz CT molecular complexity index is 239. The number of aryl methyl sites for hydroxylation is 2. The second-order valence-electron chi connectivity index (χ2n) is 2.75. The van der Waals surface area contributed by atoms with Gasteiger partial charge in [0.15, 0.2) is 0 Å². The van der Waals surface area contributed by atoms with E-state index in [-0.39, 0.29) is 0 Å². The molecule has 0 saturated carbocycles. The van der Waals surface area contributed by atoms with Crippen molar-refractivity contribution in [2.45, 2.75) is 19.8 Å². The summed E-state index contributed by atoms with van der Waals surface area (Å²) in [4.78, 5) is 1.55. The van der Waals surface area contributed by atoms with Crippen molar-refractivity contribution < 1.29 is 0 Å². The van der Waals surface area contributed by atoms with Crippen LogP contribution in [0.3, 0.4) is 0 Å². The highest BCUT2D eigenvalue weighted by molar-refractivity contribution is 7.10. The molecule has 2 heterocycles. The zero-order chi connectivity index (χ0) is 6.97. The first-order valence-corrected chi connectivity index (χ1v) is 4.57. The van der Waals surface area contributed by atoms with Gasteiger partial charge in [-0.15, -0.1) is 11.3 Å². The summed E-state index contributed by atoms with van der Waals surface area (Å²) >= 11 is 1.89. The molecule has 0 amide bonds. The number of hydrogen-bond acceptors (Lipinski definition) is 2. The van der Waals surface area contributed by atoms with Gasteiger partial charge in [0.25, 0.3) is 0 Å². The van der Waals surface area contributed by atoms with Crippen LogP contribution in [-0.4, -0.2) is 6.54 Å². The summed E-state index contributed by atoms with van der Waals surface area (Å²) in [5.74, 6) is 0. The minimum atomic E-state index is 1.16. The molecule has 0 bridgehead atoms. The topological polar surface area (TPSA) is 12.0 Å². The molecule has 1 aromatic heterocycles. The maximum Gasteiger partial charge on any atom is 0.0511 e. The lowest BCUT2D eigenvalue weighted by molar-refractivity contribution is 0.844. The Hall–Kier alpha value is -0.500. The predicted octanol–water partition coefficient (Wildman–Crippen LogP) is 2.41. The largest absolute Gasteiger partial charge is 0.384 e. The third-order valence-electron chi connectivity index (χ3n) is 1.93. The van der Waals surface area contributed by atoms with Crippen molar-refractivity contribution in [1.29, 1.82) is 0 Å². The van der Waals surface area contributed by atoms with Crippen molar-refractivity contribution in [2.75, 3.05) is 11.9 Å². The number of fused-ring (bicyclic) bond motifs is 1. The van der Waals surface area contributed by atoms with Crippen LogP contribution >= 0.6 is 11.3 Å². The normalized spacial score (nSPS) is 16.1. The van der Waals surface area contributed by atoms with E-state index in [1.54, 1.807) is 4.88 Å². The number of hydrogen-bond donors (Lipinski definition) is 1. The lowest BCUT2D eigenvalue weighted by Crippen LogP contribution is -2.09. The second-order valence-corrected chi connectivity index (χ2v) is 3.71. The fraction of sp³-hybridized carbons (Fsp3) is 0.500. The molecular formula is C8H11NS. The van der Waals surface area contributed by atoms with Gasteiger partial charge in [0.1, 0.15) is 0 Å². The van der Waals surface area contributed by atoms with Gasteiger partial charge < -0.3 is 5.32 Å². The van der Waals surface area contributed by atoms with Crippen LogP contribution in [0.15, 0.2) is 5.38 Å². The van der Waals surface area contributed by atoms with Crippen LogP contribution in [0, 0.1) is 6.92 Å². The summed E-state index contributed by atoms with van der Waals surface area (Å²) in [6.07, 6.45) is 2.58. The second kappa shape index (κ2) is 2.27. The van der Waals surface area contributed by atoms with E-state index in [2.05, 4.69) is 17.6 Å². The van der Waals surface area contributed by atoms with Gasteiger partial charge in [-0.25, -0.2) is 0 Å². The van der Waals surface area contributed by atoms with E-state index < -0.39 is 0 Å². The van der Waals surface area contributed by atoms with Crippen LogP contribution in [0.1, 0.15) is 16.9 Å². The molecule has 0 radical (unpaired) electrons. The molecule has 0 unspecified atom stereocenters. The molecule has 0 aromatic carbocycles. The SMILES string of the molecule is Cc1csc2c1NCCC2. The molecular weight excluding hydrogens is 142 g/mol. The van der Waals surface area contributed by atoms with Crippen molar-refractivity contribution in [3.63, 3.8) is 0 Å². The highest BCUT2D eigenvalue weighted by Gasteiger charge is 2.11. The minimum Gasteiger partial charge on any atom is -0.384 e. The zero-order valence-corrected chi connectivity index (χ0v) is 6.92. The predicted molar refractivity (Wildman–Crippen MR) is 45.9 cm³/mol. The van der Waals surface area contributed by atoms with Gasteiger partial charge in [-0.3, -0.25) is 0 Å². The van der Waals surface area contributed by atoms with E-state index in [4.69, 9.17) is 0 Å². The molecule has 0 atom stereocenters. The van der Waals surface area contributed by atoms with Crippen molar-refractivity contribution in [3.05, 3.63) is 15.8 Å². The molecule has 0 saturated heterocycles. The molecule has 2 rings (SSSR count). The number of rotatable bonds is 0.